The zero-order chi connectivity index (χ0) is 13.2. The van der Waals surface area contributed by atoms with E-state index in [4.69, 9.17) is 0 Å². The number of hydrogen-bond donors (Lipinski definition) is 2. The second-order valence-electron chi connectivity index (χ2n) is 4.85. The first-order valence-electron chi connectivity index (χ1n) is 6.48. The molecule has 19 heavy (non-hydrogen) atoms. The van der Waals surface area contributed by atoms with E-state index in [1.165, 1.54) is 17.7 Å². The number of fused-ring (bicyclic) bond motifs is 1. The van der Waals surface area contributed by atoms with Gasteiger partial charge in [0.25, 0.3) is 0 Å². The molecule has 0 bridgehead atoms. The second kappa shape index (κ2) is 5.21. The monoisotopic (exact) mass is 317 g/mol. The van der Waals surface area contributed by atoms with Crippen molar-refractivity contribution in [2.24, 2.45) is 0 Å². The van der Waals surface area contributed by atoms with Crippen molar-refractivity contribution in [3.05, 3.63) is 46.1 Å². The van der Waals surface area contributed by atoms with Gasteiger partial charge in [-0.15, -0.1) is 0 Å². The van der Waals surface area contributed by atoms with Crippen molar-refractivity contribution in [2.45, 2.75) is 19.8 Å². The van der Waals surface area contributed by atoms with Crippen LogP contribution in [0.3, 0.4) is 0 Å². The first kappa shape index (κ1) is 12.5. The molecule has 3 nitrogen and oxygen atoms in total. The SMILES string of the molecule is Cc1cc(Br)cnc1Nc1ccc2c(c1)CCCN2. The molecule has 2 heterocycles. The lowest BCUT2D eigenvalue weighted by molar-refractivity contribution is 0.830. The number of aryl methyl sites for hydroxylation is 2. The summed E-state index contributed by atoms with van der Waals surface area (Å²) >= 11 is 3.43. The number of aromatic nitrogens is 1. The van der Waals surface area contributed by atoms with Crippen LogP contribution in [0.15, 0.2) is 34.9 Å². The number of halogens is 1. The van der Waals surface area contributed by atoms with E-state index in [2.05, 4.69) is 62.7 Å². The molecule has 0 atom stereocenters. The van der Waals surface area contributed by atoms with Crippen LogP contribution in [-0.2, 0) is 6.42 Å². The fourth-order valence-electron chi connectivity index (χ4n) is 2.36. The van der Waals surface area contributed by atoms with E-state index >= 15 is 0 Å². The first-order valence-corrected chi connectivity index (χ1v) is 7.27. The van der Waals surface area contributed by atoms with Gasteiger partial charge in [0.05, 0.1) is 0 Å². The van der Waals surface area contributed by atoms with Gasteiger partial charge in [-0.05, 0) is 71.1 Å². The van der Waals surface area contributed by atoms with E-state index in [0.717, 1.165) is 34.5 Å². The number of anilines is 3. The summed E-state index contributed by atoms with van der Waals surface area (Å²) in [5.41, 5.74) is 4.87. The lowest BCUT2D eigenvalue weighted by atomic mass is 10.0. The van der Waals surface area contributed by atoms with Crippen LogP contribution < -0.4 is 10.6 Å². The quantitative estimate of drug-likeness (QED) is 0.869. The molecule has 0 radical (unpaired) electrons. The molecule has 0 amide bonds. The summed E-state index contributed by atoms with van der Waals surface area (Å²) in [6, 6.07) is 8.52. The summed E-state index contributed by atoms with van der Waals surface area (Å²) in [6.45, 7) is 3.13. The molecular formula is C15H16BrN3. The number of benzene rings is 1. The molecule has 0 saturated carbocycles. The molecule has 0 fully saturated rings. The highest BCUT2D eigenvalue weighted by Crippen LogP contribution is 2.27. The number of hydrogen-bond acceptors (Lipinski definition) is 3. The Labute approximate surface area is 121 Å². The zero-order valence-corrected chi connectivity index (χ0v) is 12.4. The molecule has 1 aliphatic heterocycles. The maximum atomic E-state index is 4.41. The number of nitrogens with zero attached hydrogens (tertiary/aromatic N) is 1. The molecule has 4 heteroatoms. The van der Waals surface area contributed by atoms with Crippen molar-refractivity contribution in [1.82, 2.24) is 4.98 Å². The van der Waals surface area contributed by atoms with E-state index in [1.807, 2.05) is 6.20 Å². The topological polar surface area (TPSA) is 37.0 Å². The molecule has 0 unspecified atom stereocenters. The molecule has 0 spiro atoms. The van der Waals surface area contributed by atoms with Gasteiger partial charge in [-0.25, -0.2) is 4.98 Å². The number of rotatable bonds is 2. The third kappa shape index (κ3) is 2.73. The van der Waals surface area contributed by atoms with Gasteiger partial charge in [-0.3, -0.25) is 0 Å². The van der Waals surface area contributed by atoms with E-state index in [1.54, 1.807) is 0 Å². The van der Waals surface area contributed by atoms with Crippen LogP contribution in [0.2, 0.25) is 0 Å². The van der Waals surface area contributed by atoms with Crippen molar-refractivity contribution in [1.29, 1.82) is 0 Å². The van der Waals surface area contributed by atoms with E-state index in [0.29, 0.717) is 0 Å². The van der Waals surface area contributed by atoms with Crippen LogP contribution >= 0.6 is 15.9 Å². The van der Waals surface area contributed by atoms with Crippen molar-refractivity contribution in [2.75, 3.05) is 17.2 Å². The van der Waals surface area contributed by atoms with Gasteiger partial charge in [-0.2, -0.15) is 0 Å². The number of nitrogens with one attached hydrogen (secondary N) is 2. The average Bonchev–Trinajstić information content (AvgIpc) is 2.42. The highest BCUT2D eigenvalue weighted by atomic mass is 79.9. The van der Waals surface area contributed by atoms with Gasteiger partial charge in [0.1, 0.15) is 5.82 Å². The summed E-state index contributed by atoms with van der Waals surface area (Å²) in [5.74, 6) is 0.909. The lowest BCUT2D eigenvalue weighted by Gasteiger charge is -2.19. The van der Waals surface area contributed by atoms with Gasteiger partial charge >= 0.3 is 0 Å². The highest BCUT2D eigenvalue weighted by Gasteiger charge is 2.09. The number of pyridine rings is 1. The minimum absolute atomic E-state index is 0.909. The zero-order valence-electron chi connectivity index (χ0n) is 10.8. The largest absolute Gasteiger partial charge is 0.385 e. The van der Waals surface area contributed by atoms with Crippen LogP contribution in [-0.4, -0.2) is 11.5 Å². The molecule has 1 aromatic heterocycles. The van der Waals surface area contributed by atoms with Crippen LogP contribution in [0, 0.1) is 6.92 Å². The summed E-state index contributed by atoms with van der Waals surface area (Å²) in [5, 5.41) is 6.81. The Morgan fingerprint density at radius 1 is 1.32 bits per heavy atom. The van der Waals surface area contributed by atoms with E-state index in [9.17, 15) is 0 Å². The van der Waals surface area contributed by atoms with Crippen LogP contribution in [0.4, 0.5) is 17.2 Å². The van der Waals surface area contributed by atoms with Crippen molar-refractivity contribution < 1.29 is 0 Å². The predicted octanol–water partition coefficient (Wildman–Crippen LogP) is 4.25. The Balaban J connectivity index is 1.87. The molecule has 0 aliphatic carbocycles. The maximum absolute atomic E-state index is 4.41. The van der Waals surface area contributed by atoms with Crippen molar-refractivity contribution in [3.8, 4) is 0 Å². The highest BCUT2D eigenvalue weighted by molar-refractivity contribution is 9.10. The van der Waals surface area contributed by atoms with Crippen LogP contribution in [0.25, 0.3) is 0 Å². The van der Waals surface area contributed by atoms with Gasteiger partial charge in [0.15, 0.2) is 0 Å². The molecule has 3 rings (SSSR count). The second-order valence-corrected chi connectivity index (χ2v) is 5.76. The fourth-order valence-corrected chi connectivity index (χ4v) is 2.81. The van der Waals surface area contributed by atoms with Gasteiger partial charge in [0.2, 0.25) is 0 Å². The third-order valence-corrected chi connectivity index (χ3v) is 3.78. The molecule has 2 aromatic rings. The lowest BCUT2D eigenvalue weighted by Crippen LogP contribution is -2.11. The fraction of sp³-hybridized carbons (Fsp3) is 0.267. The summed E-state index contributed by atoms with van der Waals surface area (Å²) in [4.78, 5) is 4.41. The van der Waals surface area contributed by atoms with Gasteiger partial charge in [0, 0.05) is 28.6 Å². The summed E-state index contributed by atoms with van der Waals surface area (Å²) in [7, 11) is 0. The Morgan fingerprint density at radius 3 is 3.05 bits per heavy atom. The molecule has 0 saturated heterocycles. The first-order chi connectivity index (χ1) is 9.22. The van der Waals surface area contributed by atoms with Gasteiger partial charge in [-0.1, -0.05) is 0 Å². The smallest absolute Gasteiger partial charge is 0.133 e. The predicted molar refractivity (Wildman–Crippen MR) is 83.2 cm³/mol. The molecule has 2 N–H and O–H groups in total. The Kier molecular flexibility index (Phi) is 3.42. The minimum Gasteiger partial charge on any atom is -0.385 e. The average molecular weight is 318 g/mol. The molecule has 1 aromatic carbocycles. The molecular weight excluding hydrogens is 302 g/mol. The van der Waals surface area contributed by atoms with Crippen LogP contribution in [0.1, 0.15) is 17.5 Å². The normalized spacial score (nSPS) is 13.6. The Bertz CT molecular complexity index is 610. The standard InChI is InChI=1S/C15H16BrN3/c1-10-7-12(16)9-18-15(10)19-13-4-5-14-11(8-13)3-2-6-17-14/h4-5,7-9,17H,2-3,6H2,1H3,(H,18,19). The van der Waals surface area contributed by atoms with Crippen molar-refractivity contribution in [3.63, 3.8) is 0 Å². The van der Waals surface area contributed by atoms with Gasteiger partial charge < -0.3 is 10.6 Å². The Morgan fingerprint density at radius 2 is 2.21 bits per heavy atom. The van der Waals surface area contributed by atoms with E-state index in [-0.39, 0.29) is 0 Å². The Hall–Kier alpha value is -1.55. The summed E-state index contributed by atoms with van der Waals surface area (Å²) in [6.07, 6.45) is 4.16. The molecule has 98 valence electrons. The minimum atomic E-state index is 0.909. The summed E-state index contributed by atoms with van der Waals surface area (Å²) < 4.78 is 1.00. The molecule has 1 aliphatic rings. The van der Waals surface area contributed by atoms with Crippen LogP contribution in [0.5, 0.6) is 0 Å². The maximum Gasteiger partial charge on any atom is 0.133 e. The third-order valence-electron chi connectivity index (χ3n) is 3.35. The van der Waals surface area contributed by atoms with E-state index < -0.39 is 0 Å². The van der Waals surface area contributed by atoms with Crippen molar-refractivity contribution >= 4 is 33.1 Å².